The van der Waals surface area contributed by atoms with Crippen LogP contribution in [-0.4, -0.2) is 31.7 Å². The highest BCUT2D eigenvalue weighted by atomic mass is 32.2. The van der Waals surface area contributed by atoms with Gasteiger partial charge in [-0.2, -0.15) is 0 Å². The second kappa shape index (κ2) is 6.78. The van der Waals surface area contributed by atoms with E-state index < -0.39 is 0 Å². The number of carbonyl (C=O) groups excluding carboxylic acids is 1. The molecule has 0 saturated heterocycles. The molecule has 0 aliphatic heterocycles. The van der Waals surface area contributed by atoms with Crippen LogP contribution in [-0.2, 0) is 7.05 Å². The molecule has 0 aromatic carbocycles. The van der Waals surface area contributed by atoms with Gasteiger partial charge in [0.15, 0.2) is 16.7 Å². The Bertz CT molecular complexity index is 686. The van der Waals surface area contributed by atoms with Crippen LogP contribution >= 0.6 is 11.8 Å². The lowest BCUT2D eigenvalue weighted by Gasteiger charge is -2.28. The van der Waals surface area contributed by atoms with Crippen LogP contribution in [0.15, 0.2) is 22.0 Å². The van der Waals surface area contributed by atoms with Crippen LogP contribution in [0.3, 0.4) is 0 Å². The van der Waals surface area contributed by atoms with Gasteiger partial charge in [-0.15, -0.1) is 0 Å². The Labute approximate surface area is 140 Å². The summed E-state index contributed by atoms with van der Waals surface area (Å²) in [4.78, 5) is 20.8. The molecule has 1 aliphatic carbocycles. The molecule has 0 radical (unpaired) electrons. The van der Waals surface area contributed by atoms with Gasteiger partial charge in [0.05, 0.1) is 0 Å². The maximum absolute atomic E-state index is 12.3. The molecule has 1 N–H and O–H groups in total. The fourth-order valence-corrected chi connectivity index (χ4v) is 4.09. The second-order valence-electron chi connectivity index (χ2n) is 6.02. The molecule has 1 aliphatic rings. The molecule has 6 nitrogen and oxygen atoms in total. The Balaban J connectivity index is 1.50. The molecule has 2 aromatic rings. The van der Waals surface area contributed by atoms with Crippen LogP contribution in [0.2, 0.25) is 0 Å². The van der Waals surface area contributed by atoms with Crippen molar-refractivity contribution in [3.8, 4) is 0 Å². The predicted molar refractivity (Wildman–Crippen MR) is 88.6 cm³/mol. The van der Waals surface area contributed by atoms with E-state index in [1.807, 2.05) is 35.8 Å². The number of amides is 1. The van der Waals surface area contributed by atoms with Gasteiger partial charge in [0.25, 0.3) is 5.91 Å². The zero-order valence-electron chi connectivity index (χ0n) is 13.7. The molecule has 7 heteroatoms. The minimum Gasteiger partial charge on any atom is -0.445 e. The first-order valence-corrected chi connectivity index (χ1v) is 8.79. The second-order valence-corrected chi connectivity index (χ2v) is 7.29. The molecule has 0 bridgehead atoms. The Kier molecular flexibility index (Phi) is 4.75. The van der Waals surface area contributed by atoms with Crippen LogP contribution in [0.5, 0.6) is 0 Å². The van der Waals surface area contributed by atoms with E-state index in [0.29, 0.717) is 22.6 Å². The van der Waals surface area contributed by atoms with Crippen molar-refractivity contribution in [1.29, 1.82) is 0 Å². The first kappa shape index (κ1) is 16.1. The van der Waals surface area contributed by atoms with E-state index >= 15 is 0 Å². The number of carbonyl (C=O) groups is 1. The number of imidazole rings is 1. The van der Waals surface area contributed by atoms with Crippen molar-refractivity contribution in [1.82, 2.24) is 19.9 Å². The maximum Gasteiger partial charge on any atom is 0.273 e. The Hall–Kier alpha value is -1.76. The first-order valence-electron chi connectivity index (χ1n) is 7.92. The van der Waals surface area contributed by atoms with Crippen LogP contribution in [0.25, 0.3) is 0 Å². The highest BCUT2D eigenvalue weighted by Crippen LogP contribution is 2.32. The van der Waals surface area contributed by atoms with Crippen molar-refractivity contribution in [2.24, 2.45) is 7.05 Å². The summed E-state index contributed by atoms with van der Waals surface area (Å²) in [5, 5.41) is 4.72. The number of aromatic nitrogens is 3. The lowest BCUT2D eigenvalue weighted by Crippen LogP contribution is -2.38. The normalized spacial score (nSPS) is 21.3. The zero-order chi connectivity index (χ0) is 16.4. The molecule has 124 valence electrons. The predicted octanol–water partition coefficient (Wildman–Crippen LogP) is 2.86. The maximum atomic E-state index is 12.3. The van der Waals surface area contributed by atoms with Gasteiger partial charge in [-0.05, 0) is 32.6 Å². The summed E-state index contributed by atoms with van der Waals surface area (Å²) in [6, 6.07) is 0.220. The number of rotatable bonds is 4. The van der Waals surface area contributed by atoms with Crippen LogP contribution in [0.4, 0.5) is 0 Å². The van der Waals surface area contributed by atoms with E-state index in [1.54, 1.807) is 13.8 Å². The van der Waals surface area contributed by atoms with E-state index in [-0.39, 0.29) is 11.9 Å². The smallest absolute Gasteiger partial charge is 0.273 e. The van der Waals surface area contributed by atoms with Gasteiger partial charge < -0.3 is 14.3 Å². The fraction of sp³-hybridized carbons (Fsp3) is 0.562. The van der Waals surface area contributed by atoms with Crippen molar-refractivity contribution < 1.29 is 9.21 Å². The molecule has 1 amide bonds. The molecule has 0 unspecified atom stereocenters. The molecule has 0 atom stereocenters. The molecule has 2 heterocycles. The number of oxazole rings is 1. The highest BCUT2D eigenvalue weighted by Gasteiger charge is 2.25. The van der Waals surface area contributed by atoms with Crippen LogP contribution < -0.4 is 5.32 Å². The van der Waals surface area contributed by atoms with Crippen molar-refractivity contribution in [3.05, 3.63) is 29.7 Å². The Morgan fingerprint density at radius 2 is 2.09 bits per heavy atom. The lowest BCUT2D eigenvalue weighted by molar-refractivity contribution is 0.0922. The van der Waals surface area contributed by atoms with Gasteiger partial charge in [-0.25, -0.2) is 9.97 Å². The summed E-state index contributed by atoms with van der Waals surface area (Å²) in [6.07, 6.45) is 7.94. The van der Waals surface area contributed by atoms with Crippen LogP contribution in [0.1, 0.15) is 47.8 Å². The topological polar surface area (TPSA) is 73.0 Å². The van der Waals surface area contributed by atoms with Crippen molar-refractivity contribution in [2.75, 3.05) is 0 Å². The van der Waals surface area contributed by atoms with Gasteiger partial charge in [-0.3, -0.25) is 4.79 Å². The minimum atomic E-state index is -0.125. The first-order chi connectivity index (χ1) is 11.0. The lowest BCUT2D eigenvalue weighted by atomic mass is 9.95. The van der Waals surface area contributed by atoms with Gasteiger partial charge in [0.2, 0.25) is 0 Å². The molecule has 0 spiro atoms. The summed E-state index contributed by atoms with van der Waals surface area (Å²) in [5.41, 5.74) is 0.409. The third kappa shape index (κ3) is 3.77. The van der Waals surface area contributed by atoms with E-state index in [2.05, 4.69) is 15.3 Å². The average molecular weight is 334 g/mol. The number of thioether (sulfide) groups is 1. The van der Waals surface area contributed by atoms with Gasteiger partial charge in [0, 0.05) is 37.7 Å². The highest BCUT2D eigenvalue weighted by molar-refractivity contribution is 7.99. The van der Waals surface area contributed by atoms with Crippen molar-refractivity contribution >= 4 is 17.7 Å². The van der Waals surface area contributed by atoms with Gasteiger partial charge in [-0.1, -0.05) is 11.8 Å². The third-order valence-corrected chi connectivity index (χ3v) is 5.59. The van der Waals surface area contributed by atoms with E-state index in [9.17, 15) is 4.79 Å². The SMILES string of the molecule is Cc1nc(C(=O)NC2CCC(Sc3nccn3C)CC2)c(C)o1. The number of nitrogens with one attached hydrogen (secondary N) is 1. The molecule has 1 saturated carbocycles. The molecule has 2 aromatic heterocycles. The summed E-state index contributed by atoms with van der Waals surface area (Å²) >= 11 is 1.83. The minimum absolute atomic E-state index is 0.125. The number of nitrogens with zero attached hydrogens (tertiary/aromatic N) is 3. The van der Waals surface area contributed by atoms with Gasteiger partial charge in [0.1, 0.15) is 5.76 Å². The molecular weight excluding hydrogens is 312 g/mol. The van der Waals surface area contributed by atoms with Crippen molar-refractivity contribution in [3.63, 3.8) is 0 Å². The monoisotopic (exact) mass is 334 g/mol. The van der Waals surface area contributed by atoms with Crippen LogP contribution in [0, 0.1) is 13.8 Å². The standard InChI is InChI=1S/C16H22N4O2S/c1-10-14(18-11(2)22-10)15(21)19-12-4-6-13(7-5-12)23-16-17-8-9-20(16)3/h8-9,12-13H,4-7H2,1-3H3,(H,19,21). The zero-order valence-corrected chi connectivity index (χ0v) is 14.5. The molecule has 3 rings (SSSR count). The summed E-state index contributed by atoms with van der Waals surface area (Å²) < 4.78 is 7.38. The van der Waals surface area contributed by atoms with E-state index in [1.165, 1.54) is 0 Å². The summed E-state index contributed by atoms with van der Waals surface area (Å²) in [6.45, 7) is 3.53. The average Bonchev–Trinajstić information content (AvgIpc) is 3.07. The third-order valence-electron chi connectivity index (χ3n) is 4.18. The molecular formula is C16H22N4O2S. The van der Waals surface area contributed by atoms with E-state index in [0.717, 1.165) is 30.8 Å². The quantitative estimate of drug-likeness (QED) is 0.931. The number of hydrogen-bond donors (Lipinski definition) is 1. The number of aryl methyl sites for hydroxylation is 3. The molecule has 23 heavy (non-hydrogen) atoms. The van der Waals surface area contributed by atoms with E-state index in [4.69, 9.17) is 4.42 Å². The molecule has 1 fully saturated rings. The Morgan fingerprint density at radius 3 is 2.65 bits per heavy atom. The van der Waals surface area contributed by atoms with Crippen molar-refractivity contribution in [2.45, 2.75) is 56.0 Å². The largest absolute Gasteiger partial charge is 0.445 e. The summed E-state index contributed by atoms with van der Waals surface area (Å²) in [5.74, 6) is 0.987. The Morgan fingerprint density at radius 1 is 1.35 bits per heavy atom. The number of hydrogen-bond acceptors (Lipinski definition) is 5. The summed E-state index contributed by atoms with van der Waals surface area (Å²) in [7, 11) is 2.02. The fourth-order valence-electron chi connectivity index (χ4n) is 2.93. The van der Waals surface area contributed by atoms with Gasteiger partial charge >= 0.3 is 0 Å².